The summed E-state index contributed by atoms with van der Waals surface area (Å²) in [6.07, 6.45) is 39.6. The molecule has 0 aromatic carbocycles. The van der Waals surface area contributed by atoms with Gasteiger partial charge in [-0.05, 0) is 37.4 Å². The van der Waals surface area contributed by atoms with Crippen molar-refractivity contribution in [3.63, 3.8) is 0 Å². The van der Waals surface area contributed by atoms with Gasteiger partial charge in [-0.25, -0.2) is 5.48 Å². The average Bonchev–Trinajstić information content (AvgIpc) is 3.00. The van der Waals surface area contributed by atoms with E-state index in [0.29, 0.717) is 5.92 Å². The van der Waals surface area contributed by atoms with Gasteiger partial charge in [0.2, 0.25) is 0 Å². The molecule has 0 aromatic heterocycles. The summed E-state index contributed by atoms with van der Waals surface area (Å²) in [6.45, 7) is 7.06. The predicted molar refractivity (Wildman–Crippen MR) is 194 cm³/mol. The lowest BCUT2D eigenvalue weighted by molar-refractivity contribution is -0.00441. The number of hydroxylamine groups is 1. The largest absolute Gasteiger partial charge is 0.517 e. The Labute approximate surface area is 277 Å². The first-order valence-corrected chi connectivity index (χ1v) is 22.1. The minimum absolute atomic E-state index is 0.644. The standard InChI is InChI=1S/C37H77NO3SSi/c1-3-5-7-9-11-13-15-16-17-18-19-20-21-23-25-27-30-37-31-33-40-43(35-29-34-42,41-38-36-37)39-32-28-26-24-22-14-12-10-8-6-4-2/h37-38,42H,3-36H2,1-2H3. The van der Waals surface area contributed by atoms with Crippen LogP contribution in [0, 0.1) is 5.92 Å². The molecular weight excluding hydrogens is 567 g/mol. The second kappa shape index (κ2) is 32.4. The summed E-state index contributed by atoms with van der Waals surface area (Å²) < 4.78 is 19.1. The Morgan fingerprint density at radius 1 is 0.605 bits per heavy atom. The molecule has 4 nitrogen and oxygen atoms in total. The molecule has 0 bridgehead atoms. The zero-order chi connectivity index (χ0) is 30.9. The normalized spacial score (nSPS) is 19.5. The molecule has 6 heteroatoms. The van der Waals surface area contributed by atoms with E-state index in [1.54, 1.807) is 0 Å². The summed E-state index contributed by atoms with van der Waals surface area (Å²) in [7, 11) is -2.65. The minimum atomic E-state index is -2.65. The average molecular weight is 644 g/mol. The maximum atomic E-state index is 6.43. The van der Waals surface area contributed by atoms with Crippen molar-refractivity contribution in [1.29, 1.82) is 0 Å². The zero-order valence-electron chi connectivity index (χ0n) is 29.3. The molecule has 1 fully saturated rings. The number of thiol groups is 1. The first-order valence-electron chi connectivity index (χ1n) is 19.6. The Hall–Kier alpha value is 0.407. The number of nitrogens with one attached hydrogen (secondary N) is 1. The SMILES string of the molecule is CCCCCCCCCCCCCCCCCCC1CCO[Si](CCCS)(OCCCCCCCCCCCC)ONC1. The molecule has 0 amide bonds. The fourth-order valence-electron chi connectivity index (χ4n) is 6.39. The van der Waals surface area contributed by atoms with Crippen molar-refractivity contribution < 1.29 is 13.4 Å². The third-order valence-electron chi connectivity index (χ3n) is 9.37. The van der Waals surface area contributed by atoms with Gasteiger partial charge in [-0.3, -0.25) is 4.53 Å². The lowest BCUT2D eigenvalue weighted by Gasteiger charge is -2.33. The Bertz CT molecular complexity index is 546. The van der Waals surface area contributed by atoms with Gasteiger partial charge in [-0.1, -0.05) is 174 Å². The van der Waals surface area contributed by atoms with Gasteiger partial charge in [0.15, 0.2) is 0 Å². The number of rotatable bonds is 32. The van der Waals surface area contributed by atoms with Gasteiger partial charge >= 0.3 is 8.80 Å². The first-order chi connectivity index (χ1) is 21.3. The van der Waals surface area contributed by atoms with Crippen LogP contribution >= 0.6 is 12.6 Å². The van der Waals surface area contributed by atoms with Crippen LogP contribution in [0.2, 0.25) is 6.04 Å². The predicted octanol–water partition coefficient (Wildman–Crippen LogP) is 12.4. The summed E-state index contributed by atoms with van der Waals surface area (Å²) in [4.78, 5) is 0. The topological polar surface area (TPSA) is 39.7 Å². The molecule has 2 atom stereocenters. The van der Waals surface area contributed by atoms with Crippen molar-refractivity contribution in [2.75, 3.05) is 25.5 Å². The summed E-state index contributed by atoms with van der Waals surface area (Å²) in [5.74, 6) is 1.50. The van der Waals surface area contributed by atoms with Crippen molar-refractivity contribution >= 4 is 21.4 Å². The number of hydrogen-bond donors (Lipinski definition) is 2. The number of hydrogen-bond acceptors (Lipinski definition) is 5. The molecule has 1 heterocycles. The highest BCUT2D eigenvalue weighted by Crippen LogP contribution is 2.24. The van der Waals surface area contributed by atoms with Crippen LogP contribution in [0.5, 0.6) is 0 Å². The third-order valence-corrected chi connectivity index (χ3v) is 12.4. The molecule has 1 N–H and O–H groups in total. The van der Waals surface area contributed by atoms with Crippen LogP contribution in [-0.2, 0) is 13.4 Å². The molecule has 1 saturated heterocycles. The van der Waals surface area contributed by atoms with E-state index in [4.69, 9.17) is 13.4 Å². The highest BCUT2D eigenvalue weighted by Gasteiger charge is 2.42. The van der Waals surface area contributed by atoms with Gasteiger partial charge in [-0.2, -0.15) is 12.6 Å². The van der Waals surface area contributed by atoms with Crippen molar-refractivity contribution in [1.82, 2.24) is 5.48 Å². The molecule has 0 aromatic rings. The Kier molecular flexibility index (Phi) is 31.2. The molecule has 0 saturated carbocycles. The Balaban J connectivity index is 2.03. The summed E-state index contributed by atoms with van der Waals surface area (Å²) in [5, 5.41) is 0. The van der Waals surface area contributed by atoms with Crippen LogP contribution in [-0.4, -0.2) is 34.3 Å². The van der Waals surface area contributed by atoms with E-state index in [1.165, 1.54) is 167 Å². The molecular formula is C37H77NO3SSi. The molecule has 2 unspecified atom stereocenters. The van der Waals surface area contributed by atoms with Gasteiger partial charge in [0, 0.05) is 25.8 Å². The molecule has 0 radical (unpaired) electrons. The molecule has 0 aliphatic carbocycles. The van der Waals surface area contributed by atoms with Crippen LogP contribution in [0.1, 0.15) is 200 Å². The van der Waals surface area contributed by atoms with Crippen molar-refractivity contribution in [3.05, 3.63) is 0 Å². The molecule has 258 valence electrons. The highest BCUT2D eigenvalue weighted by atomic mass is 32.1. The maximum absolute atomic E-state index is 6.43. The maximum Gasteiger partial charge on any atom is 0.517 e. The van der Waals surface area contributed by atoms with Gasteiger partial charge < -0.3 is 8.85 Å². The first kappa shape index (κ1) is 41.4. The van der Waals surface area contributed by atoms with Gasteiger partial charge in [0.1, 0.15) is 0 Å². The quantitative estimate of drug-likeness (QED) is 0.0435. The van der Waals surface area contributed by atoms with E-state index in [-0.39, 0.29) is 0 Å². The minimum Gasteiger partial charge on any atom is -0.373 e. The van der Waals surface area contributed by atoms with E-state index >= 15 is 0 Å². The van der Waals surface area contributed by atoms with Crippen LogP contribution in [0.4, 0.5) is 0 Å². The van der Waals surface area contributed by atoms with E-state index < -0.39 is 8.80 Å². The van der Waals surface area contributed by atoms with Crippen LogP contribution < -0.4 is 5.48 Å². The van der Waals surface area contributed by atoms with Gasteiger partial charge in [0.25, 0.3) is 0 Å². The smallest absolute Gasteiger partial charge is 0.373 e. The van der Waals surface area contributed by atoms with E-state index in [1.807, 2.05) is 0 Å². The lowest BCUT2D eigenvalue weighted by Crippen LogP contribution is -2.52. The van der Waals surface area contributed by atoms with Crippen molar-refractivity contribution in [2.45, 2.75) is 206 Å². The zero-order valence-corrected chi connectivity index (χ0v) is 31.2. The second-order valence-corrected chi connectivity index (χ2v) is 16.7. The summed E-state index contributed by atoms with van der Waals surface area (Å²) in [5.41, 5.74) is 3.32. The van der Waals surface area contributed by atoms with Crippen molar-refractivity contribution in [3.8, 4) is 0 Å². The van der Waals surface area contributed by atoms with Crippen LogP contribution in [0.15, 0.2) is 0 Å². The van der Waals surface area contributed by atoms with Gasteiger partial charge in [-0.15, -0.1) is 0 Å². The van der Waals surface area contributed by atoms with E-state index in [2.05, 4.69) is 32.0 Å². The lowest BCUT2D eigenvalue weighted by atomic mass is 9.97. The second-order valence-electron chi connectivity index (χ2n) is 13.6. The molecule has 0 spiro atoms. The molecule has 1 aliphatic rings. The van der Waals surface area contributed by atoms with Crippen LogP contribution in [0.25, 0.3) is 0 Å². The monoisotopic (exact) mass is 644 g/mol. The Morgan fingerprint density at radius 2 is 1.05 bits per heavy atom. The molecule has 43 heavy (non-hydrogen) atoms. The Morgan fingerprint density at radius 3 is 1.51 bits per heavy atom. The van der Waals surface area contributed by atoms with E-state index in [9.17, 15) is 0 Å². The fourth-order valence-corrected chi connectivity index (χ4v) is 9.23. The highest BCUT2D eigenvalue weighted by molar-refractivity contribution is 7.80. The summed E-state index contributed by atoms with van der Waals surface area (Å²) in [6, 6.07) is 0.866. The fraction of sp³-hybridized carbons (Fsp3) is 1.00. The van der Waals surface area contributed by atoms with Crippen LogP contribution in [0.3, 0.4) is 0 Å². The molecule has 1 aliphatic heterocycles. The van der Waals surface area contributed by atoms with Crippen molar-refractivity contribution in [2.24, 2.45) is 5.92 Å². The number of unbranched alkanes of at least 4 members (excludes halogenated alkanes) is 24. The molecule has 1 rings (SSSR count). The third kappa shape index (κ3) is 26.2. The van der Waals surface area contributed by atoms with Gasteiger partial charge in [0.05, 0.1) is 0 Å². The van der Waals surface area contributed by atoms with E-state index in [0.717, 1.165) is 50.8 Å². The summed E-state index contributed by atoms with van der Waals surface area (Å²) >= 11 is 4.44.